The molecule has 0 heterocycles. The molecule has 7 nitrogen and oxygen atoms in total. The maximum Gasteiger partial charge on any atom is 0.335 e. The number of hydrogen-bond donors (Lipinski definition) is 3. The van der Waals surface area contributed by atoms with Gasteiger partial charge in [-0.3, -0.25) is 4.79 Å². The van der Waals surface area contributed by atoms with Crippen molar-refractivity contribution in [2.24, 2.45) is 0 Å². The van der Waals surface area contributed by atoms with Crippen molar-refractivity contribution in [2.75, 3.05) is 19.0 Å². The number of aromatic carboxylic acids is 1. The van der Waals surface area contributed by atoms with E-state index in [1.165, 1.54) is 31.4 Å². The van der Waals surface area contributed by atoms with Crippen LogP contribution in [0.1, 0.15) is 22.8 Å². The second-order valence-electron chi connectivity index (χ2n) is 5.20. The molecule has 0 aromatic heterocycles. The van der Waals surface area contributed by atoms with Gasteiger partial charge in [-0.25, -0.2) is 4.79 Å². The molecular formula is C19H19NO6. The average Bonchev–Trinajstić information content (AvgIpc) is 2.62. The van der Waals surface area contributed by atoms with Crippen LogP contribution in [0.3, 0.4) is 0 Å². The molecule has 0 saturated carbocycles. The summed E-state index contributed by atoms with van der Waals surface area (Å²) in [5.74, 6) is -0.749. The second kappa shape index (κ2) is 8.57. The number of carboxylic acid groups (broad SMARTS) is 1. The molecule has 136 valence electrons. The first-order valence-electron chi connectivity index (χ1n) is 7.80. The van der Waals surface area contributed by atoms with Gasteiger partial charge in [-0.1, -0.05) is 6.07 Å². The lowest BCUT2D eigenvalue weighted by Crippen LogP contribution is -2.09. The minimum absolute atomic E-state index is 0.0174. The van der Waals surface area contributed by atoms with E-state index >= 15 is 0 Å². The second-order valence-corrected chi connectivity index (χ2v) is 5.20. The van der Waals surface area contributed by atoms with Crippen LogP contribution in [0, 0.1) is 0 Å². The SMILES string of the molecule is CCOc1ccc(/C=C/C(=O)Nc2cc(C(=O)O)ccc2O)cc1OC. The number of hydrogen-bond acceptors (Lipinski definition) is 5. The number of rotatable bonds is 7. The van der Waals surface area contributed by atoms with Gasteiger partial charge in [-0.2, -0.15) is 0 Å². The number of ether oxygens (including phenoxy) is 2. The number of carboxylic acids is 1. The van der Waals surface area contributed by atoms with Crippen molar-refractivity contribution < 1.29 is 29.3 Å². The van der Waals surface area contributed by atoms with Crippen LogP contribution in [-0.4, -0.2) is 35.8 Å². The third-order valence-electron chi connectivity index (χ3n) is 3.42. The minimum atomic E-state index is -1.16. The number of anilines is 1. The number of benzene rings is 2. The van der Waals surface area contributed by atoms with Gasteiger partial charge in [-0.05, 0) is 48.9 Å². The van der Waals surface area contributed by atoms with Crippen LogP contribution >= 0.6 is 0 Å². The zero-order valence-electron chi connectivity index (χ0n) is 14.4. The van der Waals surface area contributed by atoms with Crippen LogP contribution in [0.15, 0.2) is 42.5 Å². The summed E-state index contributed by atoms with van der Waals surface area (Å²) in [6.07, 6.45) is 2.83. The summed E-state index contributed by atoms with van der Waals surface area (Å²) >= 11 is 0. The Labute approximate surface area is 150 Å². The van der Waals surface area contributed by atoms with Crippen molar-refractivity contribution in [1.29, 1.82) is 0 Å². The number of phenolic OH excluding ortho intramolecular Hbond substituents is 1. The van der Waals surface area contributed by atoms with Crippen molar-refractivity contribution in [1.82, 2.24) is 0 Å². The van der Waals surface area contributed by atoms with E-state index in [-0.39, 0.29) is 17.0 Å². The molecule has 26 heavy (non-hydrogen) atoms. The standard InChI is InChI=1S/C19H19NO6/c1-3-26-16-8-4-12(10-17(16)25-2)5-9-18(22)20-14-11-13(19(23)24)6-7-15(14)21/h4-11,21H,3H2,1-2H3,(H,20,22)(H,23,24)/b9-5+. The summed E-state index contributed by atoms with van der Waals surface area (Å²) in [6.45, 7) is 2.37. The molecule has 0 aliphatic carbocycles. The normalized spacial score (nSPS) is 10.5. The average molecular weight is 357 g/mol. The molecule has 0 aliphatic rings. The number of aromatic hydroxyl groups is 1. The van der Waals surface area contributed by atoms with Gasteiger partial charge in [-0.15, -0.1) is 0 Å². The van der Waals surface area contributed by atoms with Crippen LogP contribution in [0.5, 0.6) is 17.2 Å². The van der Waals surface area contributed by atoms with Crippen molar-refractivity contribution >= 4 is 23.6 Å². The summed E-state index contributed by atoms with van der Waals surface area (Å²) in [5.41, 5.74) is 0.686. The van der Waals surface area contributed by atoms with Crippen LogP contribution < -0.4 is 14.8 Å². The molecule has 0 spiro atoms. The van der Waals surface area contributed by atoms with Crippen LogP contribution in [0.25, 0.3) is 6.08 Å². The molecule has 7 heteroatoms. The molecular weight excluding hydrogens is 338 g/mol. The first kappa shape index (κ1) is 18.9. The minimum Gasteiger partial charge on any atom is -0.506 e. The van der Waals surface area contributed by atoms with E-state index < -0.39 is 11.9 Å². The Kier molecular flexibility index (Phi) is 6.21. The van der Waals surface area contributed by atoms with Gasteiger partial charge in [0.15, 0.2) is 11.5 Å². The molecule has 1 amide bonds. The highest BCUT2D eigenvalue weighted by Gasteiger charge is 2.09. The number of carbonyl (C=O) groups is 2. The topological polar surface area (TPSA) is 105 Å². The molecule has 2 aromatic carbocycles. The van der Waals surface area contributed by atoms with Gasteiger partial charge >= 0.3 is 5.97 Å². The maximum atomic E-state index is 12.0. The van der Waals surface area contributed by atoms with E-state index in [2.05, 4.69) is 5.32 Å². The number of carbonyl (C=O) groups excluding carboxylic acids is 1. The van der Waals surface area contributed by atoms with Crippen molar-refractivity contribution in [2.45, 2.75) is 6.92 Å². The fraction of sp³-hybridized carbons (Fsp3) is 0.158. The smallest absolute Gasteiger partial charge is 0.335 e. The molecule has 0 fully saturated rings. The summed E-state index contributed by atoms with van der Waals surface area (Å²) in [4.78, 5) is 23.0. The molecule has 0 saturated heterocycles. The molecule has 2 rings (SSSR count). The van der Waals surface area contributed by atoms with Gasteiger partial charge < -0.3 is 25.0 Å². The molecule has 0 aliphatic heterocycles. The first-order chi connectivity index (χ1) is 12.4. The van der Waals surface area contributed by atoms with E-state index in [1.54, 1.807) is 24.3 Å². The van der Waals surface area contributed by atoms with E-state index in [9.17, 15) is 14.7 Å². The lowest BCUT2D eigenvalue weighted by atomic mass is 10.1. The number of nitrogens with one attached hydrogen (secondary N) is 1. The summed E-state index contributed by atoms with van der Waals surface area (Å²) in [5, 5.41) is 21.1. The summed E-state index contributed by atoms with van der Waals surface area (Å²) in [7, 11) is 1.52. The van der Waals surface area contributed by atoms with Gasteiger partial charge in [0.25, 0.3) is 0 Å². The monoisotopic (exact) mass is 357 g/mol. The predicted octanol–water partition coefficient (Wildman–Crippen LogP) is 3.15. The van der Waals surface area contributed by atoms with Gasteiger partial charge in [0.1, 0.15) is 5.75 Å². The highest BCUT2D eigenvalue weighted by atomic mass is 16.5. The highest BCUT2D eigenvalue weighted by Crippen LogP contribution is 2.28. The molecule has 0 bridgehead atoms. The van der Waals surface area contributed by atoms with Crippen LogP contribution in [0.4, 0.5) is 5.69 Å². The van der Waals surface area contributed by atoms with Crippen molar-refractivity contribution in [3.05, 3.63) is 53.6 Å². The van der Waals surface area contributed by atoms with Gasteiger partial charge in [0.05, 0.1) is 25.0 Å². The van der Waals surface area contributed by atoms with E-state index in [0.717, 1.165) is 0 Å². The summed E-state index contributed by atoms with van der Waals surface area (Å²) < 4.78 is 10.7. The lowest BCUT2D eigenvalue weighted by molar-refractivity contribution is -0.111. The Balaban J connectivity index is 2.12. The number of methoxy groups -OCH3 is 1. The fourth-order valence-corrected chi connectivity index (χ4v) is 2.18. The summed E-state index contributed by atoms with van der Waals surface area (Å²) in [6, 6.07) is 8.86. The van der Waals surface area contributed by atoms with Crippen LogP contribution in [-0.2, 0) is 4.79 Å². The molecule has 0 atom stereocenters. The maximum absolute atomic E-state index is 12.0. The Hall–Kier alpha value is -3.48. The van der Waals surface area contributed by atoms with E-state index in [1.807, 2.05) is 6.92 Å². The van der Waals surface area contributed by atoms with E-state index in [0.29, 0.717) is 23.7 Å². The third-order valence-corrected chi connectivity index (χ3v) is 3.42. The number of amides is 1. The highest BCUT2D eigenvalue weighted by molar-refractivity contribution is 6.03. The lowest BCUT2D eigenvalue weighted by Gasteiger charge is -2.09. The van der Waals surface area contributed by atoms with Gasteiger partial charge in [0, 0.05) is 6.08 Å². The third kappa shape index (κ3) is 4.76. The van der Waals surface area contributed by atoms with Crippen molar-refractivity contribution in [3.8, 4) is 17.2 Å². The predicted molar refractivity (Wildman–Crippen MR) is 96.9 cm³/mol. The Morgan fingerprint density at radius 3 is 2.58 bits per heavy atom. The van der Waals surface area contributed by atoms with E-state index in [4.69, 9.17) is 14.6 Å². The van der Waals surface area contributed by atoms with Gasteiger partial charge in [0.2, 0.25) is 5.91 Å². The molecule has 2 aromatic rings. The number of phenols is 1. The van der Waals surface area contributed by atoms with Crippen molar-refractivity contribution in [3.63, 3.8) is 0 Å². The van der Waals surface area contributed by atoms with Crippen LogP contribution in [0.2, 0.25) is 0 Å². The quantitative estimate of drug-likeness (QED) is 0.519. The fourth-order valence-electron chi connectivity index (χ4n) is 2.18. The molecule has 0 radical (unpaired) electrons. The largest absolute Gasteiger partial charge is 0.506 e. The Morgan fingerprint density at radius 2 is 1.92 bits per heavy atom. The zero-order valence-corrected chi connectivity index (χ0v) is 14.4. The first-order valence-corrected chi connectivity index (χ1v) is 7.80. The Morgan fingerprint density at radius 1 is 1.15 bits per heavy atom. The molecule has 0 unspecified atom stereocenters. The Bertz CT molecular complexity index is 844. The molecule has 3 N–H and O–H groups in total. The zero-order chi connectivity index (χ0) is 19.1.